The zero-order chi connectivity index (χ0) is 23.8. The van der Waals surface area contributed by atoms with Crippen molar-refractivity contribution in [2.24, 2.45) is 0 Å². The molecule has 30 heavy (non-hydrogen) atoms. The number of carbonyl (C=O) groups excluding carboxylic acids is 2. The second-order valence-electron chi connectivity index (χ2n) is 6.55. The Labute approximate surface area is 173 Å². The minimum absolute atomic E-state index is 0.0851. The first kappa shape index (κ1) is 27.5. The number of amides is 1. The van der Waals surface area contributed by atoms with E-state index in [9.17, 15) is 31.2 Å². The van der Waals surface area contributed by atoms with E-state index in [4.69, 9.17) is 4.74 Å². The molecule has 0 aliphatic rings. The predicted octanol–water partition coefficient (Wildman–Crippen LogP) is 3.55. The number of alkyl carbamates (subject to hydrolysis) is 1. The molecule has 0 saturated carbocycles. The second-order valence-corrected chi connectivity index (χ2v) is 8.09. The third-order valence-electron chi connectivity index (χ3n) is 3.03. The molecule has 0 radical (unpaired) electrons. The number of alkyl halides is 3. The van der Waals surface area contributed by atoms with Crippen LogP contribution < -0.4 is 9.50 Å². The maximum Gasteiger partial charge on any atom is 0.534 e. The number of halogens is 3. The average Bonchev–Trinajstić information content (AvgIpc) is 2.61. The first-order valence-electron chi connectivity index (χ1n) is 8.81. The van der Waals surface area contributed by atoms with Crippen LogP contribution >= 0.6 is 0 Å². The van der Waals surface area contributed by atoms with Gasteiger partial charge in [0, 0.05) is 6.42 Å². The third kappa shape index (κ3) is 9.33. The van der Waals surface area contributed by atoms with Gasteiger partial charge in [0.25, 0.3) is 0 Å². The number of rotatable bonds is 6. The number of methoxy groups -OCH3 is 1. The quantitative estimate of drug-likeness (QED) is 0.395. The lowest BCUT2D eigenvalue weighted by molar-refractivity contribution is -0.143. The maximum atomic E-state index is 12.3. The molecular formula is C18H26F3NO7S. The molecule has 0 aliphatic heterocycles. The molecule has 172 valence electrons. The lowest BCUT2D eigenvalue weighted by Crippen LogP contribution is -2.45. The van der Waals surface area contributed by atoms with E-state index in [1.54, 1.807) is 20.8 Å². The first-order valence-corrected chi connectivity index (χ1v) is 10.2. The van der Waals surface area contributed by atoms with E-state index in [2.05, 4.69) is 14.2 Å². The molecule has 0 aliphatic carbocycles. The summed E-state index contributed by atoms with van der Waals surface area (Å²) in [6.45, 7) is 8.90. The van der Waals surface area contributed by atoms with Crippen LogP contribution in [0.1, 0.15) is 40.2 Å². The molecule has 1 N–H and O–H groups in total. The van der Waals surface area contributed by atoms with Gasteiger partial charge in [-0.1, -0.05) is 26.0 Å². The molecule has 0 heterocycles. The molecule has 1 rings (SSSR count). The summed E-state index contributed by atoms with van der Waals surface area (Å²) in [6, 6.07) is 3.33. The van der Waals surface area contributed by atoms with E-state index in [1.165, 1.54) is 12.1 Å². The molecule has 1 amide bonds. The van der Waals surface area contributed by atoms with Gasteiger partial charge < -0.3 is 19.0 Å². The summed E-state index contributed by atoms with van der Waals surface area (Å²) >= 11 is 0. The third-order valence-corrected chi connectivity index (χ3v) is 4.01. The predicted molar refractivity (Wildman–Crippen MR) is 102 cm³/mol. The molecule has 0 saturated heterocycles. The summed E-state index contributed by atoms with van der Waals surface area (Å²) < 4.78 is 72.6. The molecule has 1 aromatic rings. The van der Waals surface area contributed by atoms with Crippen molar-refractivity contribution in [2.75, 3.05) is 7.11 Å². The number of carbonyl (C=O) groups is 2. The van der Waals surface area contributed by atoms with Gasteiger partial charge in [-0.15, -0.1) is 0 Å². The fourth-order valence-corrected chi connectivity index (χ4v) is 2.34. The van der Waals surface area contributed by atoms with Crippen molar-refractivity contribution in [1.29, 1.82) is 0 Å². The topological polar surface area (TPSA) is 108 Å². The highest BCUT2D eigenvalue weighted by Gasteiger charge is 2.48. The Bertz CT molecular complexity index is 801. The highest BCUT2D eigenvalue weighted by Crippen LogP contribution is 2.27. The van der Waals surface area contributed by atoms with Crippen LogP contribution in [-0.2, 0) is 30.8 Å². The van der Waals surface area contributed by atoms with E-state index in [0.717, 1.165) is 19.2 Å². The Morgan fingerprint density at radius 2 is 1.57 bits per heavy atom. The van der Waals surface area contributed by atoms with Gasteiger partial charge >= 0.3 is 27.7 Å². The molecular weight excluding hydrogens is 431 g/mol. The molecule has 0 fully saturated rings. The summed E-state index contributed by atoms with van der Waals surface area (Å²) in [5.41, 5.74) is -5.96. The van der Waals surface area contributed by atoms with Crippen molar-refractivity contribution < 1.29 is 44.8 Å². The van der Waals surface area contributed by atoms with Gasteiger partial charge in [0.1, 0.15) is 17.4 Å². The van der Waals surface area contributed by atoms with E-state index in [-0.39, 0.29) is 6.42 Å². The van der Waals surface area contributed by atoms with Crippen LogP contribution in [0.4, 0.5) is 18.0 Å². The Morgan fingerprint density at radius 1 is 1.07 bits per heavy atom. The van der Waals surface area contributed by atoms with Gasteiger partial charge in [-0.2, -0.15) is 21.6 Å². The number of benzene rings is 1. The highest BCUT2D eigenvalue weighted by molar-refractivity contribution is 7.88. The summed E-state index contributed by atoms with van der Waals surface area (Å²) in [7, 11) is -4.67. The lowest BCUT2D eigenvalue weighted by atomic mass is 10.1. The zero-order valence-corrected chi connectivity index (χ0v) is 18.3. The van der Waals surface area contributed by atoms with Gasteiger partial charge in [0.2, 0.25) is 0 Å². The Balaban J connectivity index is 0.00000407. The normalized spacial score (nSPS) is 12.7. The molecule has 0 bridgehead atoms. The monoisotopic (exact) mass is 457 g/mol. The fraction of sp³-hybridized carbons (Fsp3) is 0.556. The number of esters is 1. The number of ether oxygens (including phenoxy) is 2. The van der Waals surface area contributed by atoms with Crippen LogP contribution in [0.25, 0.3) is 0 Å². The average molecular weight is 457 g/mol. The number of hydrogen-bond donors (Lipinski definition) is 1. The number of nitrogens with one attached hydrogen (secondary N) is 1. The van der Waals surface area contributed by atoms with E-state index in [1.807, 2.05) is 13.8 Å². The maximum absolute atomic E-state index is 12.3. The van der Waals surface area contributed by atoms with Crippen LogP contribution in [0.3, 0.4) is 0 Å². The standard InChI is InChI=1S/C16H20F3NO7S.C2H6/c1-15(2,3)26-14(22)20-12(13(21)25-4)9-10-5-7-11(8-6-10)27-28(23,24)16(17,18)19;1-2/h5-8,12H,9H2,1-4H3,(H,20,22);1-2H3. The minimum Gasteiger partial charge on any atom is -0.467 e. The molecule has 12 heteroatoms. The summed E-state index contributed by atoms with van der Waals surface area (Å²) in [5, 5.41) is 2.33. The summed E-state index contributed by atoms with van der Waals surface area (Å²) in [5.74, 6) is -1.33. The number of hydrogen-bond acceptors (Lipinski definition) is 7. The van der Waals surface area contributed by atoms with E-state index >= 15 is 0 Å². The van der Waals surface area contributed by atoms with Gasteiger partial charge in [0.05, 0.1) is 7.11 Å². The molecule has 1 aromatic carbocycles. The van der Waals surface area contributed by atoms with E-state index < -0.39 is 45.1 Å². The van der Waals surface area contributed by atoms with Gasteiger partial charge in [-0.05, 0) is 38.5 Å². The van der Waals surface area contributed by atoms with Crippen molar-refractivity contribution in [3.63, 3.8) is 0 Å². The minimum atomic E-state index is -5.79. The summed E-state index contributed by atoms with van der Waals surface area (Å²) in [4.78, 5) is 23.7. The Kier molecular flexibility index (Phi) is 10.1. The van der Waals surface area contributed by atoms with Crippen LogP contribution in [0.5, 0.6) is 5.75 Å². The van der Waals surface area contributed by atoms with Crippen molar-refractivity contribution in [1.82, 2.24) is 5.32 Å². The fourth-order valence-electron chi connectivity index (χ4n) is 1.88. The molecule has 0 aromatic heterocycles. The van der Waals surface area contributed by atoms with Gasteiger partial charge in [-0.3, -0.25) is 0 Å². The molecule has 1 atom stereocenters. The molecule has 8 nitrogen and oxygen atoms in total. The van der Waals surface area contributed by atoms with Gasteiger partial charge in [-0.25, -0.2) is 9.59 Å². The van der Waals surface area contributed by atoms with Gasteiger partial charge in [0.15, 0.2) is 0 Å². The van der Waals surface area contributed by atoms with Crippen molar-refractivity contribution in [3.8, 4) is 5.75 Å². The smallest absolute Gasteiger partial charge is 0.467 e. The second kappa shape index (κ2) is 11.0. The van der Waals surface area contributed by atoms with Crippen LogP contribution in [0.2, 0.25) is 0 Å². The van der Waals surface area contributed by atoms with Crippen LogP contribution in [0.15, 0.2) is 24.3 Å². The SMILES string of the molecule is CC.COC(=O)C(Cc1ccc(OS(=O)(=O)C(F)(F)F)cc1)NC(=O)OC(C)(C)C. The van der Waals surface area contributed by atoms with Crippen molar-refractivity contribution >= 4 is 22.2 Å². The van der Waals surface area contributed by atoms with Crippen molar-refractivity contribution in [2.45, 2.75) is 58.2 Å². The lowest BCUT2D eigenvalue weighted by Gasteiger charge is -2.22. The molecule has 0 spiro atoms. The Hall–Kier alpha value is -2.50. The Morgan fingerprint density at radius 3 is 1.97 bits per heavy atom. The first-order chi connectivity index (χ1) is 13.6. The highest BCUT2D eigenvalue weighted by atomic mass is 32.2. The van der Waals surface area contributed by atoms with Crippen molar-refractivity contribution in [3.05, 3.63) is 29.8 Å². The van der Waals surface area contributed by atoms with E-state index in [0.29, 0.717) is 5.56 Å². The van der Waals surface area contributed by atoms with Crippen LogP contribution in [-0.4, -0.2) is 44.7 Å². The summed E-state index contributed by atoms with van der Waals surface area (Å²) in [6.07, 6.45) is -0.947. The van der Waals surface area contributed by atoms with Crippen LogP contribution in [0, 0.1) is 0 Å². The zero-order valence-electron chi connectivity index (χ0n) is 17.5. The largest absolute Gasteiger partial charge is 0.534 e. The molecule has 1 unspecified atom stereocenters.